The van der Waals surface area contributed by atoms with Crippen molar-refractivity contribution in [3.05, 3.63) is 28.0 Å². The minimum absolute atomic E-state index is 0.320. The maximum absolute atomic E-state index is 5.86. The van der Waals surface area contributed by atoms with Crippen molar-refractivity contribution in [2.75, 3.05) is 6.61 Å². The molecule has 2 aromatic rings. The Bertz CT molecular complexity index is 501. The largest absolute Gasteiger partial charge is 0.478 e. The molecule has 0 aliphatic rings. The molecule has 0 aliphatic carbocycles. The monoisotopic (exact) mass is 302 g/mol. The van der Waals surface area contributed by atoms with Crippen LogP contribution in [0.3, 0.4) is 0 Å². The minimum atomic E-state index is 0.320. The molecule has 0 saturated heterocycles. The van der Waals surface area contributed by atoms with Gasteiger partial charge in [-0.3, -0.25) is 0 Å². The third-order valence-electron chi connectivity index (χ3n) is 1.76. The Balaban J connectivity index is 2.40. The zero-order valence-electron chi connectivity index (χ0n) is 8.41. The van der Waals surface area contributed by atoms with Crippen molar-refractivity contribution in [2.45, 2.75) is 6.92 Å². The number of rotatable bonds is 3. The molecule has 0 saturated carbocycles. The van der Waals surface area contributed by atoms with Crippen LogP contribution < -0.4 is 4.74 Å². The molecule has 0 aliphatic heterocycles. The van der Waals surface area contributed by atoms with Crippen LogP contribution in [0.2, 0.25) is 5.15 Å². The topological polar surface area (TPSA) is 48.2 Å². The van der Waals surface area contributed by atoms with Crippen LogP contribution in [0.5, 0.6) is 5.88 Å². The SMILES string of the molecule is CCOc1cc(Cl)nc(-c2ccc(Br)o2)n1. The average molecular weight is 304 g/mol. The molecule has 4 nitrogen and oxygen atoms in total. The van der Waals surface area contributed by atoms with E-state index in [0.29, 0.717) is 33.9 Å². The molecule has 0 amide bonds. The molecule has 0 N–H and O–H groups in total. The van der Waals surface area contributed by atoms with E-state index in [0.717, 1.165) is 0 Å². The minimum Gasteiger partial charge on any atom is -0.478 e. The summed E-state index contributed by atoms with van der Waals surface area (Å²) in [5.41, 5.74) is 0. The van der Waals surface area contributed by atoms with Gasteiger partial charge in [-0.1, -0.05) is 11.6 Å². The Labute approximate surface area is 106 Å². The van der Waals surface area contributed by atoms with Crippen LogP contribution in [0.25, 0.3) is 11.6 Å². The summed E-state index contributed by atoms with van der Waals surface area (Å²) in [6.07, 6.45) is 0. The Kier molecular flexibility index (Phi) is 3.46. The van der Waals surface area contributed by atoms with Crippen LogP contribution in [0, 0.1) is 0 Å². The molecule has 6 heteroatoms. The van der Waals surface area contributed by atoms with Gasteiger partial charge in [-0.05, 0) is 35.0 Å². The number of furan rings is 1. The highest BCUT2D eigenvalue weighted by atomic mass is 79.9. The zero-order chi connectivity index (χ0) is 11.5. The lowest BCUT2D eigenvalue weighted by molar-refractivity contribution is 0.326. The lowest BCUT2D eigenvalue weighted by Crippen LogP contribution is -1.97. The van der Waals surface area contributed by atoms with Gasteiger partial charge in [0.05, 0.1) is 6.61 Å². The predicted octanol–water partition coefficient (Wildman–Crippen LogP) is 3.55. The number of nitrogens with zero attached hydrogens (tertiary/aromatic N) is 2. The lowest BCUT2D eigenvalue weighted by atomic mass is 10.4. The van der Waals surface area contributed by atoms with Crippen LogP contribution in [0.1, 0.15) is 6.92 Å². The highest BCUT2D eigenvalue weighted by molar-refractivity contribution is 9.10. The van der Waals surface area contributed by atoms with Gasteiger partial charge in [0, 0.05) is 6.07 Å². The lowest BCUT2D eigenvalue weighted by Gasteiger charge is -2.03. The fraction of sp³-hybridized carbons (Fsp3) is 0.200. The first-order valence-corrected chi connectivity index (χ1v) is 5.79. The molecule has 0 aromatic carbocycles. The fourth-order valence-electron chi connectivity index (χ4n) is 1.16. The summed E-state index contributed by atoms with van der Waals surface area (Å²) in [6.45, 7) is 2.40. The standard InChI is InChI=1S/C10H8BrClN2O2/c1-2-15-9-5-8(12)13-10(14-9)6-3-4-7(11)16-6/h3-5H,2H2,1H3. The quantitative estimate of drug-likeness (QED) is 0.814. The zero-order valence-corrected chi connectivity index (χ0v) is 10.7. The van der Waals surface area contributed by atoms with Crippen molar-refractivity contribution in [2.24, 2.45) is 0 Å². The van der Waals surface area contributed by atoms with Crippen molar-refractivity contribution < 1.29 is 9.15 Å². The highest BCUT2D eigenvalue weighted by Gasteiger charge is 2.10. The van der Waals surface area contributed by atoms with E-state index in [1.807, 2.05) is 6.92 Å². The molecule has 0 unspecified atom stereocenters. The molecule has 2 aromatic heterocycles. The number of hydrogen-bond acceptors (Lipinski definition) is 4. The Morgan fingerprint density at radius 2 is 2.25 bits per heavy atom. The van der Waals surface area contributed by atoms with Crippen molar-refractivity contribution >= 4 is 27.5 Å². The maximum Gasteiger partial charge on any atom is 0.218 e. The average Bonchev–Trinajstić information content (AvgIpc) is 2.64. The smallest absolute Gasteiger partial charge is 0.218 e. The van der Waals surface area contributed by atoms with Crippen molar-refractivity contribution in [1.29, 1.82) is 0 Å². The molecular weight excluding hydrogens is 295 g/mol. The van der Waals surface area contributed by atoms with Gasteiger partial charge in [0.25, 0.3) is 0 Å². The highest BCUT2D eigenvalue weighted by Crippen LogP contribution is 2.25. The predicted molar refractivity (Wildman–Crippen MR) is 63.6 cm³/mol. The molecule has 0 fully saturated rings. The van der Waals surface area contributed by atoms with Crippen molar-refractivity contribution in [3.8, 4) is 17.5 Å². The summed E-state index contributed by atoms with van der Waals surface area (Å²) in [5, 5.41) is 0.320. The van der Waals surface area contributed by atoms with Gasteiger partial charge in [0.1, 0.15) is 5.15 Å². The molecule has 0 radical (unpaired) electrons. The second kappa shape index (κ2) is 4.84. The third-order valence-corrected chi connectivity index (χ3v) is 2.38. The van der Waals surface area contributed by atoms with E-state index in [2.05, 4.69) is 25.9 Å². The van der Waals surface area contributed by atoms with Crippen LogP contribution in [0.4, 0.5) is 0 Å². The molecule has 2 rings (SSSR count). The third kappa shape index (κ3) is 2.54. The van der Waals surface area contributed by atoms with Crippen molar-refractivity contribution in [3.63, 3.8) is 0 Å². The summed E-state index contributed by atoms with van der Waals surface area (Å²) < 4.78 is 11.2. The van der Waals surface area contributed by atoms with E-state index >= 15 is 0 Å². The molecule has 16 heavy (non-hydrogen) atoms. The maximum atomic E-state index is 5.86. The first kappa shape index (κ1) is 11.4. The van der Waals surface area contributed by atoms with E-state index in [-0.39, 0.29) is 0 Å². The number of hydrogen-bond donors (Lipinski definition) is 0. The summed E-state index contributed by atoms with van der Waals surface area (Å²) in [7, 11) is 0. The summed E-state index contributed by atoms with van der Waals surface area (Å²) >= 11 is 9.07. The van der Waals surface area contributed by atoms with Gasteiger partial charge in [0.15, 0.2) is 10.4 Å². The van der Waals surface area contributed by atoms with E-state index < -0.39 is 0 Å². The molecule has 0 bridgehead atoms. The Morgan fingerprint density at radius 3 is 2.88 bits per heavy atom. The van der Waals surface area contributed by atoms with E-state index in [1.54, 1.807) is 18.2 Å². The first-order valence-electron chi connectivity index (χ1n) is 4.62. The number of aromatic nitrogens is 2. The van der Waals surface area contributed by atoms with Crippen molar-refractivity contribution in [1.82, 2.24) is 9.97 Å². The van der Waals surface area contributed by atoms with Gasteiger partial charge in [0.2, 0.25) is 11.7 Å². The van der Waals surface area contributed by atoms with E-state index in [4.69, 9.17) is 20.8 Å². The second-order valence-electron chi connectivity index (χ2n) is 2.89. The Hall–Kier alpha value is -1.07. The normalized spacial score (nSPS) is 10.4. The number of halogens is 2. The van der Waals surface area contributed by atoms with Crippen LogP contribution in [-0.4, -0.2) is 16.6 Å². The fourth-order valence-corrected chi connectivity index (χ4v) is 1.64. The molecule has 0 atom stereocenters. The summed E-state index contributed by atoms with van der Waals surface area (Å²) in [5.74, 6) is 1.38. The van der Waals surface area contributed by atoms with Crippen LogP contribution >= 0.6 is 27.5 Å². The summed E-state index contributed by atoms with van der Waals surface area (Å²) in [4.78, 5) is 8.23. The molecule has 84 valence electrons. The van der Waals surface area contributed by atoms with Crippen LogP contribution in [0.15, 0.2) is 27.3 Å². The molecule has 2 heterocycles. The van der Waals surface area contributed by atoms with Gasteiger partial charge in [-0.2, -0.15) is 4.98 Å². The van der Waals surface area contributed by atoms with E-state index in [1.165, 1.54) is 0 Å². The molecular formula is C10H8BrClN2O2. The van der Waals surface area contributed by atoms with Gasteiger partial charge in [-0.15, -0.1) is 0 Å². The second-order valence-corrected chi connectivity index (χ2v) is 4.06. The Morgan fingerprint density at radius 1 is 1.44 bits per heavy atom. The summed E-state index contributed by atoms with van der Waals surface area (Å²) in [6, 6.07) is 5.08. The number of ether oxygens (including phenoxy) is 1. The van der Waals surface area contributed by atoms with Gasteiger partial charge in [-0.25, -0.2) is 4.98 Å². The first-order chi connectivity index (χ1) is 7.69. The molecule has 0 spiro atoms. The van der Waals surface area contributed by atoms with E-state index in [9.17, 15) is 0 Å². The van der Waals surface area contributed by atoms with Gasteiger partial charge >= 0.3 is 0 Å². The van der Waals surface area contributed by atoms with Gasteiger partial charge < -0.3 is 9.15 Å². The van der Waals surface area contributed by atoms with Crippen LogP contribution in [-0.2, 0) is 0 Å².